The Kier molecular flexibility index (Phi) is 4.20. The van der Waals surface area contributed by atoms with Crippen LogP contribution < -0.4 is 5.32 Å². The van der Waals surface area contributed by atoms with E-state index in [0.29, 0.717) is 13.1 Å². The number of carbonyl (C=O) groups excluding carboxylic acids is 2. The summed E-state index contributed by atoms with van der Waals surface area (Å²) in [6.45, 7) is 4.55. The number of hydrogen-bond donors (Lipinski definition) is 1. The van der Waals surface area contributed by atoms with Gasteiger partial charge in [-0.2, -0.15) is 0 Å². The molecule has 2 heterocycles. The van der Waals surface area contributed by atoms with Gasteiger partial charge in [-0.15, -0.1) is 0 Å². The van der Waals surface area contributed by atoms with Gasteiger partial charge in [0, 0.05) is 38.3 Å². The van der Waals surface area contributed by atoms with E-state index in [-0.39, 0.29) is 11.8 Å². The van der Waals surface area contributed by atoms with Crippen molar-refractivity contribution in [3.05, 3.63) is 35.4 Å². The molecule has 0 saturated carbocycles. The van der Waals surface area contributed by atoms with E-state index in [1.807, 2.05) is 29.2 Å². The summed E-state index contributed by atoms with van der Waals surface area (Å²) in [5, 5.41) is 2.82. The van der Waals surface area contributed by atoms with E-state index in [1.54, 1.807) is 0 Å². The Labute approximate surface area is 124 Å². The van der Waals surface area contributed by atoms with Gasteiger partial charge in [0.25, 0.3) is 5.91 Å². The molecule has 21 heavy (non-hydrogen) atoms. The van der Waals surface area contributed by atoms with Crippen molar-refractivity contribution >= 4 is 11.8 Å². The third-order valence-electron chi connectivity index (χ3n) is 4.12. The smallest absolute Gasteiger partial charge is 0.253 e. The summed E-state index contributed by atoms with van der Waals surface area (Å²) < 4.78 is 0. The molecule has 0 unspecified atom stereocenters. The Bertz CT molecular complexity index is 521. The second-order valence-electron chi connectivity index (χ2n) is 5.76. The van der Waals surface area contributed by atoms with Crippen molar-refractivity contribution in [1.29, 1.82) is 0 Å². The van der Waals surface area contributed by atoms with E-state index in [1.165, 1.54) is 0 Å². The molecule has 2 saturated heterocycles. The molecule has 0 bridgehead atoms. The molecule has 2 aliphatic heterocycles. The SMILES string of the molecule is O=C1CN(Cc2ccc(C(=O)N3CCCC3)cc2)CCN1. The number of likely N-dealkylation sites (tertiary alicyclic amines) is 1. The van der Waals surface area contributed by atoms with Crippen LogP contribution in [-0.2, 0) is 11.3 Å². The highest BCUT2D eigenvalue weighted by Crippen LogP contribution is 2.14. The molecule has 1 aromatic carbocycles. The molecular weight excluding hydrogens is 266 g/mol. The minimum atomic E-state index is 0.0853. The topological polar surface area (TPSA) is 52.7 Å². The number of hydrogen-bond acceptors (Lipinski definition) is 3. The Morgan fingerprint density at radius 2 is 1.81 bits per heavy atom. The number of carbonyl (C=O) groups is 2. The highest BCUT2D eigenvalue weighted by atomic mass is 16.2. The first kappa shape index (κ1) is 14.1. The largest absolute Gasteiger partial charge is 0.354 e. The molecule has 0 aliphatic carbocycles. The predicted molar refractivity (Wildman–Crippen MR) is 79.9 cm³/mol. The van der Waals surface area contributed by atoms with Gasteiger partial charge in [0.2, 0.25) is 5.91 Å². The van der Waals surface area contributed by atoms with Gasteiger partial charge in [0.05, 0.1) is 6.54 Å². The fourth-order valence-electron chi connectivity index (χ4n) is 2.94. The Hall–Kier alpha value is -1.88. The maximum atomic E-state index is 12.3. The normalized spacial score (nSPS) is 19.6. The average Bonchev–Trinajstić information content (AvgIpc) is 3.01. The summed E-state index contributed by atoms with van der Waals surface area (Å²) in [6, 6.07) is 7.80. The molecule has 3 rings (SSSR count). The molecule has 0 spiro atoms. The van der Waals surface area contributed by atoms with Gasteiger partial charge in [0.15, 0.2) is 0 Å². The molecule has 112 valence electrons. The van der Waals surface area contributed by atoms with Crippen molar-refractivity contribution in [1.82, 2.24) is 15.1 Å². The lowest BCUT2D eigenvalue weighted by molar-refractivity contribution is -0.124. The summed E-state index contributed by atoms with van der Waals surface area (Å²) >= 11 is 0. The van der Waals surface area contributed by atoms with Crippen LogP contribution in [0.25, 0.3) is 0 Å². The van der Waals surface area contributed by atoms with Crippen molar-refractivity contribution in [3.8, 4) is 0 Å². The van der Waals surface area contributed by atoms with Crippen LogP contribution in [0.15, 0.2) is 24.3 Å². The first-order valence-corrected chi connectivity index (χ1v) is 7.60. The lowest BCUT2D eigenvalue weighted by Gasteiger charge is -2.26. The number of nitrogens with zero attached hydrogens (tertiary/aromatic N) is 2. The third kappa shape index (κ3) is 3.42. The highest BCUT2D eigenvalue weighted by molar-refractivity contribution is 5.94. The van der Waals surface area contributed by atoms with Crippen LogP contribution in [0.3, 0.4) is 0 Å². The lowest BCUT2D eigenvalue weighted by Crippen LogP contribution is -2.47. The van der Waals surface area contributed by atoms with E-state index in [4.69, 9.17) is 0 Å². The second kappa shape index (κ2) is 6.26. The Morgan fingerprint density at radius 1 is 1.10 bits per heavy atom. The molecule has 2 amide bonds. The van der Waals surface area contributed by atoms with Crippen LogP contribution in [-0.4, -0.2) is 54.3 Å². The van der Waals surface area contributed by atoms with Crippen LogP contribution in [0.4, 0.5) is 0 Å². The van der Waals surface area contributed by atoms with Gasteiger partial charge in [-0.3, -0.25) is 14.5 Å². The van der Waals surface area contributed by atoms with E-state index < -0.39 is 0 Å². The van der Waals surface area contributed by atoms with Crippen LogP contribution >= 0.6 is 0 Å². The predicted octanol–water partition coefficient (Wildman–Crippen LogP) is 0.854. The fourth-order valence-corrected chi connectivity index (χ4v) is 2.94. The standard InChI is InChI=1S/C16H21N3O2/c20-15-12-18(10-7-17-15)11-13-3-5-14(6-4-13)16(21)19-8-1-2-9-19/h3-6H,1-2,7-12H2,(H,17,20). The molecule has 0 atom stereocenters. The zero-order valence-electron chi connectivity index (χ0n) is 12.2. The summed E-state index contributed by atoms with van der Waals surface area (Å²) in [4.78, 5) is 27.6. The summed E-state index contributed by atoms with van der Waals surface area (Å²) in [5.74, 6) is 0.221. The van der Waals surface area contributed by atoms with Gasteiger partial charge in [0.1, 0.15) is 0 Å². The van der Waals surface area contributed by atoms with Crippen molar-refractivity contribution in [3.63, 3.8) is 0 Å². The fraction of sp³-hybridized carbons (Fsp3) is 0.500. The Morgan fingerprint density at radius 3 is 2.48 bits per heavy atom. The van der Waals surface area contributed by atoms with Gasteiger partial charge in [-0.25, -0.2) is 0 Å². The average molecular weight is 287 g/mol. The minimum Gasteiger partial charge on any atom is -0.354 e. The number of benzene rings is 1. The molecular formula is C16H21N3O2. The van der Waals surface area contributed by atoms with E-state index in [9.17, 15) is 9.59 Å². The van der Waals surface area contributed by atoms with Crippen molar-refractivity contribution < 1.29 is 9.59 Å². The summed E-state index contributed by atoms with van der Waals surface area (Å²) in [7, 11) is 0. The van der Waals surface area contributed by atoms with Gasteiger partial charge >= 0.3 is 0 Å². The van der Waals surface area contributed by atoms with Crippen molar-refractivity contribution in [2.24, 2.45) is 0 Å². The molecule has 1 aromatic rings. The molecule has 0 aromatic heterocycles. The summed E-state index contributed by atoms with van der Waals surface area (Å²) in [6.07, 6.45) is 2.22. The molecule has 1 N–H and O–H groups in total. The van der Waals surface area contributed by atoms with Crippen LogP contribution in [0.5, 0.6) is 0 Å². The highest BCUT2D eigenvalue weighted by Gasteiger charge is 2.20. The maximum Gasteiger partial charge on any atom is 0.253 e. The van der Waals surface area contributed by atoms with E-state index >= 15 is 0 Å². The summed E-state index contributed by atoms with van der Waals surface area (Å²) in [5.41, 5.74) is 1.90. The first-order valence-electron chi connectivity index (χ1n) is 7.60. The first-order chi connectivity index (χ1) is 10.2. The van der Waals surface area contributed by atoms with Crippen molar-refractivity contribution in [2.75, 3.05) is 32.7 Å². The number of nitrogens with one attached hydrogen (secondary N) is 1. The van der Waals surface area contributed by atoms with Gasteiger partial charge in [-0.1, -0.05) is 12.1 Å². The van der Waals surface area contributed by atoms with E-state index in [0.717, 1.165) is 50.1 Å². The molecule has 5 nitrogen and oxygen atoms in total. The molecule has 2 aliphatic rings. The number of piperazine rings is 1. The van der Waals surface area contributed by atoms with E-state index in [2.05, 4.69) is 10.2 Å². The minimum absolute atomic E-state index is 0.0853. The maximum absolute atomic E-state index is 12.3. The monoisotopic (exact) mass is 287 g/mol. The molecule has 2 fully saturated rings. The van der Waals surface area contributed by atoms with Gasteiger partial charge < -0.3 is 10.2 Å². The lowest BCUT2D eigenvalue weighted by atomic mass is 10.1. The second-order valence-corrected chi connectivity index (χ2v) is 5.76. The molecule has 0 radical (unpaired) electrons. The van der Waals surface area contributed by atoms with Gasteiger partial charge in [-0.05, 0) is 30.5 Å². The number of amides is 2. The molecule has 5 heteroatoms. The van der Waals surface area contributed by atoms with Crippen LogP contribution in [0.1, 0.15) is 28.8 Å². The zero-order chi connectivity index (χ0) is 14.7. The van der Waals surface area contributed by atoms with Crippen LogP contribution in [0, 0.1) is 0 Å². The van der Waals surface area contributed by atoms with Crippen molar-refractivity contribution in [2.45, 2.75) is 19.4 Å². The third-order valence-corrected chi connectivity index (χ3v) is 4.12. The Balaban J connectivity index is 1.61. The van der Waals surface area contributed by atoms with Crippen LogP contribution in [0.2, 0.25) is 0 Å². The number of rotatable bonds is 3. The quantitative estimate of drug-likeness (QED) is 0.897. The zero-order valence-corrected chi connectivity index (χ0v) is 12.2.